The van der Waals surface area contributed by atoms with Gasteiger partial charge in [-0.15, -0.1) is 0 Å². The summed E-state index contributed by atoms with van der Waals surface area (Å²) in [6, 6.07) is 9.78. The topological polar surface area (TPSA) is 52.6 Å². The number of rotatable bonds is 5. The van der Waals surface area contributed by atoms with Crippen molar-refractivity contribution in [3.05, 3.63) is 30.3 Å². The van der Waals surface area contributed by atoms with Crippen LogP contribution in [0, 0.1) is 0 Å². The number of hydrogen-bond acceptors (Lipinski definition) is 4. The first kappa shape index (κ1) is 13.7. The highest BCUT2D eigenvalue weighted by molar-refractivity contribution is 7.47. The molecule has 0 heterocycles. The van der Waals surface area contributed by atoms with Crippen molar-refractivity contribution in [3.8, 4) is 0 Å². The Hall–Kier alpha value is -1.41. The molecule has 0 radical (unpaired) electrons. The molecule has 0 aromatic heterocycles. The molecule has 0 aliphatic carbocycles. The second-order valence-corrected chi connectivity index (χ2v) is 4.73. The van der Waals surface area contributed by atoms with Crippen LogP contribution in [0.1, 0.15) is 13.8 Å². The summed E-state index contributed by atoms with van der Waals surface area (Å²) in [6.45, 7) is 2.59. The zero-order valence-electron chi connectivity index (χ0n) is 9.80. The Morgan fingerprint density at radius 2 is 1.65 bits per heavy atom. The van der Waals surface area contributed by atoms with Gasteiger partial charge < -0.3 is 9.47 Å². The first-order chi connectivity index (χ1) is 8.08. The van der Waals surface area contributed by atoms with Crippen LogP contribution in [0.25, 0.3) is 0 Å². The second kappa shape index (κ2) is 7.02. The maximum atomic E-state index is 10.8. The van der Waals surface area contributed by atoms with E-state index in [1.54, 1.807) is 0 Å². The maximum absolute atomic E-state index is 10.8. The summed E-state index contributed by atoms with van der Waals surface area (Å²) in [4.78, 5) is 21.7. The molecule has 1 aromatic carbocycles. The van der Waals surface area contributed by atoms with Crippen molar-refractivity contribution in [3.63, 3.8) is 0 Å². The van der Waals surface area contributed by atoms with Gasteiger partial charge in [0.05, 0.1) is 0 Å². The lowest BCUT2D eigenvalue weighted by atomic mass is 10.4. The summed E-state index contributed by atoms with van der Waals surface area (Å²) in [5.41, 5.74) is 0. The van der Waals surface area contributed by atoms with E-state index in [0.717, 1.165) is 5.30 Å². The highest BCUT2D eigenvalue weighted by Crippen LogP contribution is 2.14. The largest absolute Gasteiger partial charge is 0.425 e. The standard InChI is InChI=1S/C12H15O4P/c1-9(13)15-12(16-10(2)14)8-17-11-6-4-3-5-7-11/h3-7,12,17H,8H2,1-2H3. The molecule has 17 heavy (non-hydrogen) atoms. The number of hydrogen-bond donors (Lipinski definition) is 0. The summed E-state index contributed by atoms with van der Waals surface area (Å²) < 4.78 is 9.82. The van der Waals surface area contributed by atoms with Crippen LogP contribution in [0.15, 0.2) is 30.3 Å². The molecule has 4 nitrogen and oxygen atoms in total. The van der Waals surface area contributed by atoms with E-state index in [0.29, 0.717) is 14.7 Å². The van der Waals surface area contributed by atoms with Crippen LogP contribution >= 0.6 is 8.58 Å². The van der Waals surface area contributed by atoms with Gasteiger partial charge in [-0.05, 0) is 5.30 Å². The number of esters is 2. The van der Waals surface area contributed by atoms with E-state index < -0.39 is 18.2 Å². The Labute approximate surface area is 102 Å². The highest BCUT2D eigenvalue weighted by Gasteiger charge is 2.14. The smallest absolute Gasteiger partial charge is 0.305 e. The van der Waals surface area contributed by atoms with Crippen molar-refractivity contribution >= 4 is 25.8 Å². The van der Waals surface area contributed by atoms with Gasteiger partial charge in [0.1, 0.15) is 0 Å². The molecular weight excluding hydrogens is 239 g/mol. The summed E-state index contributed by atoms with van der Waals surface area (Å²) in [5, 5.41) is 1.14. The van der Waals surface area contributed by atoms with Crippen LogP contribution < -0.4 is 5.30 Å². The molecule has 1 rings (SSSR count). The summed E-state index contributed by atoms with van der Waals surface area (Å²) in [5.74, 6) is -0.900. The van der Waals surface area contributed by atoms with Crippen molar-refractivity contribution in [1.82, 2.24) is 0 Å². The lowest BCUT2D eigenvalue weighted by Crippen LogP contribution is -2.25. The van der Waals surface area contributed by atoms with E-state index in [9.17, 15) is 9.59 Å². The first-order valence-electron chi connectivity index (χ1n) is 5.21. The Balaban J connectivity index is 2.48. The summed E-state index contributed by atoms with van der Waals surface area (Å²) in [7, 11) is 0.429. The van der Waals surface area contributed by atoms with Gasteiger partial charge in [-0.3, -0.25) is 9.59 Å². The van der Waals surface area contributed by atoms with Gasteiger partial charge in [0.2, 0.25) is 0 Å². The van der Waals surface area contributed by atoms with E-state index in [4.69, 9.17) is 9.47 Å². The molecule has 92 valence electrons. The number of carbonyl (C=O) groups excluding carboxylic acids is 2. The monoisotopic (exact) mass is 254 g/mol. The van der Waals surface area contributed by atoms with Gasteiger partial charge in [0.25, 0.3) is 6.29 Å². The van der Waals surface area contributed by atoms with Crippen molar-refractivity contribution < 1.29 is 19.1 Å². The van der Waals surface area contributed by atoms with Crippen LogP contribution in [-0.4, -0.2) is 24.4 Å². The third-order valence-corrected chi connectivity index (χ3v) is 3.12. The molecule has 0 bridgehead atoms. The Kier molecular flexibility index (Phi) is 5.64. The van der Waals surface area contributed by atoms with E-state index in [1.807, 2.05) is 30.3 Å². The molecule has 0 aliphatic rings. The maximum Gasteiger partial charge on any atom is 0.305 e. The first-order valence-corrected chi connectivity index (χ1v) is 6.42. The SMILES string of the molecule is CC(=O)OC(CPc1ccccc1)OC(C)=O. The van der Waals surface area contributed by atoms with Crippen LogP contribution in [0.4, 0.5) is 0 Å². The highest BCUT2D eigenvalue weighted by atomic mass is 31.1. The molecule has 5 heteroatoms. The molecule has 0 fully saturated rings. The second-order valence-electron chi connectivity index (χ2n) is 3.40. The minimum atomic E-state index is -0.788. The Morgan fingerprint density at radius 1 is 1.12 bits per heavy atom. The van der Waals surface area contributed by atoms with Gasteiger partial charge in [-0.1, -0.05) is 38.9 Å². The lowest BCUT2D eigenvalue weighted by molar-refractivity contribution is -0.180. The van der Waals surface area contributed by atoms with Crippen LogP contribution in [0.3, 0.4) is 0 Å². The van der Waals surface area contributed by atoms with Gasteiger partial charge in [0.15, 0.2) is 0 Å². The quantitative estimate of drug-likeness (QED) is 0.453. The average Bonchev–Trinajstić information content (AvgIpc) is 2.26. The fourth-order valence-electron chi connectivity index (χ4n) is 1.23. The molecule has 0 saturated carbocycles. The van der Waals surface area contributed by atoms with Gasteiger partial charge in [-0.25, -0.2) is 0 Å². The predicted molar refractivity (Wildman–Crippen MR) is 66.6 cm³/mol. The Morgan fingerprint density at radius 3 is 2.12 bits per heavy atom. The van der Waals surface area contributed by atoms with Crippen molar-refractivity contribution in [2.45, 2.75) is 20.1 Å². The normalized spacial score (nSPS) is 10.8. The molecule has 0 saturated heterocycles. The number of ether oxygens (including phenoxy) is 2. The van der Waals surface area contributed by atoms with E-state index in [1.165, 1.54) is 13.8 Å². The minimum absolute atomic E-state index is 0.429. The Bertz CT molecular complexity index is 361. The summed E-state index contributed by atoms with van der Waals surface area (Å²) >= 11 is 0. The fourth-order valence-corrected chi connectivity index (χ4v) is 2.23. The zero-order chi connectivity index (χ0) is 12.7. The summed E-state index contributed by atoms with van der Waals surface area (Å²) in [6.07, 6.45) is -0.299. The third kappa shape index (κ3) is 6.03. The predicted octanol–water partition coefficient (Wildman–Crippen LogP) is 1.44. The fraction of sp³-hybridized carbons (Fsp3) is 0.333. The van der Waals surface area contributed by atoms with Gasteiger partial charge in [-0.2, -0.15) is 0 Å². The van der Waals surface area contributed by atoms with Crippen LogP contribution in [-0.2, 0) is 19.1 Å². The number of benzene rings is 1. The molecule has 0 aliphatic heterocycles. The molecule has 1 unspecified atom stereocenters. The van der Waals surface area contributed by atoms with E-state index in [2.05, 4.69) is 0 Å². The van der Waals surface area contributed by atoms with Gasteiger partial charge >= 0.3 is 11.9 Å². The van der Waals surface area contributed by atoms with Crippen molar-refractivity contribution in [2.75, 3.05) is 6.16 Å². The molecule has 0 spiro atoms. The van der Waals surface area contributed by atoms with E-state index >= 15 is 0 Å². The van der Waals surface area contributed by atoms with Crippen LogP contribution in [0.5, 0.6) is 0 Å². The molecular formula is C12H15O4P. The number of carbonyl (C=O) groups is 2. The molecule has 0 N–H and O–H groups in total. The van der Waals surface area contributed by atoms with Gasteiger partial charge in [0, 0.05) is 20.0 Å². The molecule has 0 amide bonds. The molecule has 1 atom stereocenters. The molecule has 1 aromatic rings. The van der Waals surface area contributed by atoms with Crippen molar-refractivity contribution in [2.24, 2.45) is 0 Å². The lowest BCUT2D eigenvalue weighted by Gasteiger charge is -2.16. The zero-order valence-corrected chi connectivity index (χ0v) is 10.8. The van der Waals surface area contributed by atoms with Crippen molar-refractivity contribution in [1.29, 1.82) is 0 Å². The third-order valence-electron chi connectivity index (χ3n) is 1.84. The van der Waals surface area contributed by atoms with Crippen LogP contribution in [0.2, 0.25) is 0 Å². The minimum Gasteiger partial charge on any atom is -0.425 e. The van der Waals surface area contributed by atoms with E-state index in [-0.39, 0.29) is 0 Å². The average molecular weight is 254 g/mol.